The van der Waals surface area contributed by atoms with Crippen LogP contribution in [0.1, 0.15) is 143 Å². The molecular formula is C50H64IrNO2S-. The summed E-state index contributed by atoms with van der Waals surface area (Å²) in [5, 5.41) is 14.0. The predicted octanol–water partition coefficient (Wildman–Crippen LogP) is 15.2. The van der Waals surface area contributed by atoms with Crippen molar-refractivity contribution in [1.29, 1.82) is 0 Å². The molecule has 5 heteroatoms. The second-order valence-corrected chi connectivity index (χ2v) is 18.5. The summed E-state index contributed by atoms with van der Waals surface area (Å²) in [5.74, 6) is 0.923. The number of aliphatic hydroxyl groups excluding tert-OH is 1. The van der Waals surface area contributed by atoms with Crippen molar-refractivity contribution in [3.8, 4) is 21.7 Å². The van der Waals surface area contributed by atoms with Crippen LogP contribution in [-0.4, -0.2) is 15.9 Å². The summed E-state index contributed by atoms with van der Waals surface area (Å²) >= 11 is 1.88. The first-order valence-corrected chi connectivity index (χ1v) is 21.4. The van der Waals surface area contributed by atoms with Crippen LogP contribution in [-0.2, 0) is 31.3 Å². The molecule has 1 aliphatic rings. The van der Waals surface area contributed by atoms with E-state index in [2.05, 4.69) is 94.4 Å². The van der Waals surface area contributed by atoms with E-state index in [1.807, 2.05) is 59.1 Å². The van der Waals surface area contributed by atoms with Gasteiger partial charge in [0.2, 0.25) is 0 Å². The molecule has 1 radical (unpaired) electrons. The molecule has 1 N–H and O–H groups in total. The van der Waals surface area contributed by atoms with E-state index in [1.54, 1.807) is 0 Å². The molecule has 0 atom stereocenters. The number of fused-ring (bicyclic) bond motifs is 2. The van der Waals surface area contributed by atoms with Crippen molar-refractivity contribution in [1.82, 2.24) is 4.98 Å². The molecule has 0 aliphatic heterocycles. The number of carbonyl (C=O) groups is 1. The number of hydrogen-bond acceptors (Lipinski definition) is 4. The van der Waals surface area contributed by atoms with Crippen LogP contribution in [0.4, 0.5) is 0 Å². The average Bonchev–Trinajstić information content (AvgIpc) is 3.52. The zero-order valence-corrected chi connectivity index (χ0v) is 38.3. The quantitative estimate of drug-likeness (QED) is 0.0816. The molecule has 0 amide bonds. The molecule has 5 aromatic rings. The van der Waals surface area contributed by atoms with E-state index in [9.17, 15) is 9.90 Å². The van der Waals surface area contributed by atoms with Gasteiger partial charge in [-0.25, -0.2) is 0 Å². The second kappa shape index (κ2) is 18.9. The number of pyridine rings is 1. The largest absolute Gasteiger partial charge is 0.512 e. The van der Waals surface area contributed by atoms with Gasteiger partial charge in [-0.3, -0.25) is 9.78 Å². The third-order valence-electron chi connectivity index (χ3n) is 12.5. The van der Waals surface area contributed by atoms with E-state index in [0.29, 0.717) is 11.3 Å². The summed E-state index contributed by atoms with van der Waals surface area (Å²) in [6.07, 6.45) is 14.5. The maximum Gasteiger partial charge on any atom is 0.164 e. The fourth-order valence-electron chi connectivity index (χ4n) is 7.82. The maximum absolute atomic E-state index is 12.2. The first-order chi connectivity index (χ1) is 25.7. The predicted molar refractivity (Wildman–Crippen MR) is 234 cm³/mol. The Morgan fingerprint density at radius 3 is 2.07 bits per heavy atom. The minimum Gasteiger partial charge on any atom is -0.512 e. The Morgan fingerprint density at radius 1 is 0.855 bits per heavy atom. The summed E-state index contributed by atoms with van der Waals surface area (Å²) < 4.78 is 1.27. The number of rotatable bonds is 11. The van der Waals surface area contributed by atoms with Crippen molar-refractivity contribution in [2.45, 2.75) is 139 Å². The zero-order valence-electron chi connectivity index (χ0n) is 35.1. The number of benzene rings is 3. The fourth-order valence-corrected chi connectivity index (χ4v) is 9.13. The van der Waals surface area contributed by atoms with Gasteiger partial charge in [-0.1, -0.05) is 135 Å². The van der Waals surface area contributed by atoms with Crippen LogP contribution in [0.2, 0.25) is 0 Å². The van der Waals surface area contributed by atoms with Crippen molar-refractivity contribution in [2.75, 3.05) is 0 Å². The van der Waals surface area contributed by atoms with Crippen LogP contribution in [0, 0.1) is 29.2 Å². The van der Waals surface area contributed by atoms with Crippen molar-refractivity contribution >= 4 is 38.0 Å². The van der Waals surface area contributed by atoms with E-state index < -0.39 is 0 Å². The monoisotopic (exact) mass is 935 g/mol. The van der Waals surface area contributed by atoms with Crippen molar-refractivity contribution in [3.63, 3.8) is 0 Å². The third-order valence-corrected chi connectivity index (χ3v) is 13.9. The normalized spacial score (nSPS) is 14.4. The van der Waals surface area contributed by atoms with E-state index >= 15 is 0 Å². The van der Waals surface area contributed by atoms with Crippen LogP contribution in [0.15, 0.2) is 78.7 Å². The topological polar surface area (TPSA) is 50.2 Å². The van der Waals surface area contributed by atoms with Crippen molar-refractivity contribution < 1.29 is 30.0 Å². The summed E-state index contributed by atoms with van der Waals surface area (Å²) in [6.45, 7) is 21.2. The zero-order chi connectivity index (χ0) is 39.3. The van der Waals surface area contributed by atoms with E-state index in [0.717, 1.165) is 43.4 Å². The molecule has 0 bridgehead atoms. The van der Waals surface area contributed by atoms with Gasteiger partial charge >= 0.3 is 0 Å². The number of aryl methyl sites for hydroxylation is 1. The first-order valence-electron chi connectivity index (χ1n) is 20.5. The Labute approximate surface area is 349 Å². The fraction of sp³-hybridized carbons (Fsp3) is 0.480. The maximum atomic E-state index is 12.2. The Kier molecular flexibility index (Phi) is 15.3. The summed E-state index contributed by atoms with van der Waals surface area (Å²) in [4.78, 5) is 18.5. The molecule has 55 heavy (non-hydrogen) atoms. The van der Waals surface area contributed by atoms with Crippen LogP contribution >= 0.6 is 11.3 Å². The molecule has 0 saturated heterocycles. The second-order valence-electron chi connectivity index (χ2n) is 17.5. The molecule has 3 nitrogen and oxygen atoms in total. The number of thiophene rings is 1. The Balaban J connectivity index is 0.000000320. The first kappa shape index (κ1) is 44.6. The van der Waals surface area contributed by atoms with Gasteiger partial charge in [0, 0.05) is 58.5 Å². The van der Waals surface area contributed by atoms with Gasteiger partial charge in [0.05, 0.1) is 0 Å². The Hall–Kier alpha value is -3.11. The summed E-state index contributed by atoms with van der Waals surface area (Å²) in [6, 6.07) is 26.4. The summed E-state index contributed by atoms with van der Waals surface area (Å²) in [7, 11) is 0. The van der Waals surface area contributed by atoms with E-state index in [1.165, 1.54) is 86.2 Å². The molecule has 0 unspecified atom stereocenters. The molecular weight excluding hydrogens is 871 g/mol. The van der Waals surface area contributed by atoms with Gasteiger partial charge in [-0.15, -0.1) is 40.5 Å². The molecule has 297 valence electrons. The third kappa shape index (κ3) is 10.3. The van der Waals surface area contributed by atoms with Crippen molar-refractivity contribution in [2.24, 2.45) is 16.2 Å². The van der Waals surface area contributed by atoms with E-state index in [4.69, 9.17) is 4.98 Å². The molecule has 2 heterocycles. The van der Waals surface area contributed by atoms with Crippen molar-refractivity contribution in [3.05, 3.63) is 101 Å². The number of allylic oxidation sites excluding steroid dienone is 2. The molecule has 1 fully saturated rings. The Morgan fingerprint density at radius 2 is 1.47 bits per heavy atom. The van der Waals surface area contributed by atoms with Gasteiger partial charge < -0.3 is 5.11 Å². The SMILES string of the molecule is CCC(C)(CC)C(=O)/C=C(\O)C(C)(CC)CC.Cc1c(-c2ccc(CC(C)(C)C)cc2)sc2c(-c3[c-]c4ccccc4c(C4CCCCC4)c3)nccc12.[Ir]. The van der Waals surface area contributed by atoms with Gasteiger partial charge in [0.25, 0.3) is 0 Å². The number of carbonyl (C=O) groups excluding carboxylic acids is 1. The number of aliphatic hydroxyl groups is 1. The standard InChI is InChI=1S/C35H36NS.C15H28O2.Ir/c1-23-29-18-19-36-32(34(29)37-33(23)26-16-14-24(15-17-26)22-35(2,3)4)28-20-27-12-8-9-13-30(27)31(21-28)25-10-6-5-7-11-25;1-7-14(5,8-2)12(16)11-13(17)15(6,9-3)10-4;/h8-9,12-19,21,25H,5-7,10-11,22H2,1-4H3;11,16H,7-10H2,1-6H3;/q-1;;/b;12-11-;. The van der Waals surface area contributed by atoms with Crippen LogP contribution in [0.3, 0.4) is 0 Å². The van der Waals surface area contributed by atoms with Gasteiger partial charge in [-0.2, -0.15) is 0 Å². The smallest absolute Gasteiger partial charge is 0.164 e. The number of nitrogens with zero attached hydrogens (tertiary/aromatic N) is 1. The number of ketones is 1. The minimum absolute atomic E-state index is 0. The van der Waals surface area contributed by atoms with Crippen LogP contribution < -0.4 is 0 Å². The van der Waals surface area contributed by atoms with Gasteiger partial charge in [0.1, 0.15) is 5.76 Å². The minimum atomic E-state index is -0.337. The molecule has 0 spiro atoms. The molecule has 1 saturated carbocycles. The summed E-state index contributed by atoms with van der Waals surface area (Å²) in [5.41, 5.74) is 7.44. The number of hydrogen-bond donors (Lipinski definition) is 1. The van der Waals surface area contributed by atoms with Gasteiger partial charge in [0.15, 0.2) is 5.78 Å². The van der Waals surface area contributed by atoms with Crippen LogP contribution in [0.5, 0.6) is 0 Å². The molecule has 2 aromatic heterocycles. The molecule has 1 aliphatic carbocycles. The van der Waals surface area contributed by atoms with Crippen LogP contribution in [0.25, 0.3) is 42.6 Å². The van der Waals surface area contributed by atoms with Gasteiger partial charge in [-0.05, 0) is 91.3 Å². The van der Waals surface area contributed by atoms with E-state index in [-0.39, 0.29) is 42.5 Å². The Bertz CT molecular complexity index is 2070. The molecule has 3 aromatic carbocycles. The number of aromatic nitrogens is 1. The average molecular weight is 935 g/mol. The molecule has 6 rings (SSSR count).